The Labute approximate surface area is 189 Å². The number of nitrogens with one attached hydrogen (secondary N) is 2. The molecule has 7 N–H and O–H groups in total. The van der Waals surface area contributed by atoms with Gasteiger partial charge in [-0.25, -0.2) is 4.39 Å². The zero-order valence-electron chi connectivity index (χ0n) is 18.1. The van der Waals surface area contributed by atoms with Crippen LogP contribution in [0.2, 0.25) is 0 Å². The van der Waals surface area contributed by atoms with Gasteiger partial charge in [0.2, 0.25) is 24.0 Å². The third-order valence-corrected chi connectivity index (χ3v) is 5.63. The number of alkyl halides is 1. The lowest BCUT2D eigenvalue weighted by molar-refractivity contribution is -0.265. The van der Waals surface area contributed by atoms with Crippen LogP contribution in [0.5, 0.6) is 5.88 Å². The maximum absolute atomic E-state index is 14.0. The van der Waals surface area contributed by atoms with E-state index >= 15 is 0 Å². The van der Waals surface area contributed by atoms with Crippen molar-refractivity contribution in [2.75, 3.05) is 13.2 Å². The summed E-state index contributed by atoms with van der Waals surface area (Å²) in [6, 6.07) is 0. The van der Waals surface area contributed by atoms with E-state index in [1.54, 1.807) is 12.2 Å². The van der Waals surface area contributed by atoms with Crippen molar-refractivity contribution in [2.45, 2.75) is 57.0 Å². The molecule has 1 fully saturated rings. The van der Waals surface area contributed by atoms with Crippen LogP contribution in [0.15, 0.2) is 23.8 Å². The van der Waals surface area contributed by atoms with E-state index in [4.69, 9.17) is 15.2 Å². The Morgan fingerprint density at radius 3 is 2.76 bits per heavy atom. The van der Waals surface area contributed by atoms with Gasteiger partial charge in [0.25, 0.3) is 0 Å². The highest BCUT2D eigenvalue weighted by Gasteiger charge is 2.46. The number of halogens is 1. The third kappa shape index (κ3) is 5.77. The van der Waals surface area contributed by atoms with Crippen LogP contribution < -0.4 is 15.8 Å². The Hall–Kier alpha value is -2.80. The van der Waals surface area contributed by atoms with Crippen molar-refractivity contribution >= 4 is 11.8 Å². The summed E-state index contributed by atoms with van der Waals surface area (Å²) < 4.78 is 25.0. The lowest BCUT2D eigenvalue weighted by Gasteiger charge is -2.38. The van der Waals surface area contributed by atoms with Crippen molar-refractivity contribution in [1.82, 2.24) is 15.5 Å². The number of aryl methyl sites for hydroxylation is 1. The number of aromatic amines is 1. The first-order valence-electron chi connectivity index (χ1n) is 10.7. The molecule has 2 amide bonds. The van der Waals surface area contributed by atoms with Crippen molar-refractivity contribution < 1.29 is 38.8 Å². The molecule has 2 heterocycles. The normalized spacial score (nSPS) is 29.4. The second kappa shape index (κ2) is 10.9. The first kappa shape index (κ1) is 24.8. The van der Waals surface area contributed by atoms with Crippen molar-refractivity contribution in [1.29, 1.82) is 0 Å². The first-order valence-corrected chi connectivity index (χ1v) is 10.7. The molecule has 1 unspecified atom stereocenters. The summed E-state index contributed by atoms with van der Waals surface area (Å²) in [6.07, 6.45) is -1.36. The van der Waals surface area contributed by atoms with Crippen molar-refractivity contribution in [3.63, 3.8) is 0 Å². The van der Waals surface area contributed by atoms with Gasteiger partial charge in [-0.05, 0) is 18.4 Å². The van der Waals surface area contributed by atoms with E-state index in [2.05, 4.69) is 15.5 Å². The van der Waals surface area contributed by atoms with Crippen LogP contribution in [0.4, 0.5) is 4.39 Å². The van der Waals surface area contributed by atoms with Crippen molar-refractivity contribution in [3.8, 4) is 5.88 Å². The number of hydrogen-bond donors (Lipinski definition) is 6. The molecule has 11 nitrogen and oxygen atoms in total. The number of aliphatic hydroxyl groups is 3. The van der Waals surface area contributed by atoms with Gasteiger partial charge >= 0.3 is 0 Å². The fraction of sp³-hybridized carbons (Fsp3) is 0.571. The number of amides is 2. The number of carbonyl (C=O) groups excluding carboxylic acids is 2. The van der Waals surface area contributed by atoms with Crippen LogP contribution in [0.25, 0.3) is 0 Å². The highest BCUT2D eigenvalue weighted by Crippen LogP contribution is 2.30. The Kier molecular flexibility index (Phi) is 8.19. The topological polar surface area (TPSA) is 180 Å². The molecule has 6 atom stereocenters. The van der Waals surface area contributed by atoms with Gasteiger partial charge in [0.1, 0.15) is 18.3 Å². The molecule has 3 rings (SSSR count). The number of hydrogen-bond acceptors (Lipinski definition) is 8. The molecule has 12 heteroatoms. The van der Waals surface area contributed by atoms with Crippen LogP contribution in [0, 0.1) is 5.92 Å². The molecule has 0 spiro atoms. The quantitative estimate of drug-likeness (QED) is 0.261. The van der Waals surface area contributed by atoms with E-state index in [-0.39, 0.29) is 18.3 Å². The highest BCUT2D eigenvalue weighted by molar-refractivity contribution is 5.86. The second-order valence-electron chi connectivity index (χ2n) is 7.95. The minimum absolute atomic E-state index is 0.118. The summed E-state index contributed by atoms with van der Waals surface area (Å²) in [5, 5.41) is 38.8. The number of primary amides is 1. The van der Waals surface area contributed by atoms with Crippen LogP contribution in [0.1, 0.15) is 24.6 Å². The Bertz CT molecular complexity index is 916. The van der Waals surface area contributed by atoms with Crippen LogP contribution in [-0.2, 0) is 27.2 Å². The number of aromatic nitrogens is 2. The monoisotopic (exact) mass is 468 g/mol. The fourth-order valence-corrected chi connectivity index (χ4v) is 3.70. The van der Waals surface area contributed by atoms with Gasteiger partial charge in [0.15, 0.2) is 6.17 Å². The van der Waals surface area contributed by atoms with Crippen LogP contribution in [0.3, 0.4) is 0 Å². The number of allylic oxidation sites excluding steroid dienone is 3. The number of H-pyrrole nitrogens is 1. The molecule has 2 aliphatic rings. The number of nitrogens with two attached hydrogens (primary N) is 1. The van der Waals surface area contributed by atoms with Gasteiger partial charge < -0.3 is 35.8 Å². The molecule has 1 aromatic heterocycles. The smallest absolute Gasteiger partial charge is 0.238 e. The molecule has 1 aromatic rings. The molecule has 1 aliphatic carbocycles. The molecule has 1 saturated heterocycles. The predicted octanol–water partition coefficient (Wildman–Crippen LogP) is -1.23. The SMILES string of the molecule is CCc1[nH]nc(O[C@@H]2O[C@H](CO)[C@@H](F)[C@H](O)[C@H]2O)c1CC1=CCC(C(=O)NCC(N)=O)C=C1. The molecule has 0 aromatic carbocycles. The number of rotatable bonds is 9. The summed E-state index contributed by atoms with van der Waals surface area (Å²) in [7, 11) is 0. The van der Waals surface area contributed by atoms with E-state index in [9.17, 15) is 29.3 Å². The summed E-state index contributed by atoms with van der Waals surface area (Å²) >= 11 is 0. The standard InChI is InChI=1S/C21H29FN4O7/c1-2-13-12(7-10-3-5-11(6-4-10)19(31)24-8-15(23)28)20(26-25-13)33-21-18(30)17(29)16(22)14(9-27)32-21/h3-5,11,14,16-18,21,27,29-30H,2,6-9H2,1H3,(H2,23,28)(H,24,31)(H,25,26)/t11?,14-,16-,17+,18-,21+/m1/s1. The lowest BCUT2D eigenvalue weighted by atomic mass is 9.92. The van der Waals surface area contributed by atoms with E-state index in [1.165, 1.54) is 0 Å². The zero-order chi connectivity index (χ0) is 24.1. The Balaban J connectivity index is 1.69. The van der Waals surface area contributed by atoms with E-state index in [0.29, 0.717) is 24.8 Å². The maximum Gasteiger partial charge on any atom is 0.238 e. The number of carbonyl (C=O) groups is 2. The van der Waals surface area contributed by atoms with Crippen molar-refractivity contribution in [2.24, 2.45) is 11.7 Å². The number of ether oxygens (including phenoxy) is 2. The zero-order valence-corrected chi connectivity index (χ0v) is 18.1. The summed E-state index contributed by atoms with van der Waals surface area (Å²) in [4.78, 5) is 22.9. The number of aliphatic hydroxyl groups excluding tert-OH is 3. The van der Waals surface area contributed by atoms with Crippen LogP contribution in [-0.4, -0.2) is 81.3 Å². The molecule has 1 aliphatic heterocycles. The van der Waals surface area contributed by atoms with Gasteiger partial charge in [-0.15, -0.1) is 5.10 Å². The summed E-state index contributed by atoms with van der Waals surface area (Å²) in [5.74, 6) is -1.22. The largest absolute Gasteiger partial charge is 0.443 e. The lowest BCUT2D eigenvalue weighted by Crippen LogP contribution is -2.58. The number of nitrogens with zero attached hydrogens (tertiary/aromatic N) is 1. The van der Waals surface area contributed by atoms with E-state index in [0.717, 1.165) is 11.3 Å². The fourth-order valence-electron chi connectivity index (χ4n) is 3.70. The van der Waals surface area contributed by atoms with Gasteiger partial charge in [0, 0.05) is 17.7 Å². The van der Waals surface area contributed by atoms with Gasteiger partial charge in [-0.1, -0.05) is 25.2 Å². The molecular weight excluding hydrogens is 439 g/mol. The molecule has 0 saturated carbocycles. The minimum Gasteiger partial charge on any atom is -0.443 e. The molecule has 33 heavy (non-hydrogen) atoms. The van der Waals surface area contributed by atoms with Gasteiger partial charge in [-0.2, -0.15) is 0 Å². The first-order chi connectivity index (χ1) is 15.7. The predicted molar refractivity (Wildman–Crippen MR) is 112 cm³/mol. The second-order valence-corrected chi connectivity index (χ2v) is 7.95. The average molecular weight is 468 g/mol. The van der Waals surface area contributed by atoms with E-state index in [1.807, 2.05) is 13.0 Å². The molecule has 0 bridgehead atoms. The van der Waals surface area contributed by atoms with Gasteiger partial charge in [0.05, 0.1) is 19.1 Å². The molecular formula is C21H29FN4O7. The van der Waals surface area contributed by atoms with Crippen LogP contribution >= 0.6 is 0 Å². The van der Waals surface area contributed by atoms with Crippen molar-refractivity contribution in [3.05, 3.63) is 35.1 Å². The van der Waals surface area contributed by atoms with E-state index < -0.39 is 49.2 Å². The molecule has 182 valence electrons. The summed E-state index contributed by atoms with van der Waals surface area (Å²) in [6.45, 7) is 1.000. The minimum atomic E-state index is -1.96. The van der Waals surface area contributed by atoms with Gasteiger partial charge in [-0.3, -0.25) is 14.7 Å². The highest BCUT2D eigenvalue weighted by atomic mass is 19.1. The summed E-state index contributed by atoms with van der Waals surface area (Å²) in [5.41, 5.74) is 7.38. The Morgan fingerprint density at radius 1 is 1.39 bits per heavy atom. The third-order valence-electron chi connectivity index (χ3n) is 5.63. The maximum atomic E-state index is 14.0. The average Bonchev–Trinajstić information content (AvgIpc) is 3.19. The molecule has 0 radical (unpaired) electrons. The Morgan fingerprint density at radius 2 is 2.15 bits per heavy atom.